The van der Waals surface area contributed by atoms with Crippen LogP contribution in [0.2, 0.25) is 0 Å². The van der Waals surface area contributed by atoms with Crippen LogP contribution in [-0.4, -0.2) is 12.6 Å². The molecule has 0 aliphatic rings. The van der Waals surface area contributed by atoms with E-state index in [9.17, 15) is 4.79 Å². The van der Waals surface area contributed by atoms with Crippen LogP contribution in [-0.2, 0) is 4.84 Å². The van der Waals surface area contributed by atoms with E-state index in [4.69, 9.17) is 4.84 Å². The number of carbonyl (C=O) groups is 1. The molecule has 0 bridgehead atoms. The number of carbonyl (C=O) groups excluding carboxylic acids is 1. The Labute approximate surface area is 109 Å². The molecule has 5 heteroatoms. The van der Waals surface area contributed by atoms with E-state index in [1.807, 2.05) is 24.3 Å². The lowest BCUT2D eigenvalue weighted by Gasteiger charge is -2.07. The van der Waals surface area contributed by atoms with E-state index in [0.717, 1.165) is 22.1 Å². The van der Waals surface area contributed by atoms with E-state index >= 15 is 0 Å². The van der Waals surface area contributed by atoms with Crippen molar-refractivity contribution in [1.29, 1.82) is 0 Å². The molecule has 0 aliphatic carbocycles. The van der Waals surface area contributed by atoms with Crippen LogP contribution in [0.5, 0.6) is 0 Å². The molecule has 1 aromatic rings. The lowest BCUT2D eigenvalue weighted by atomic mass is 10.3. The minimum atomic E-state index is -0.349. The van der Waals surface area contributed by atoms with Crippen molar-refractivity contribution in [3.63, 3.8) is 0 Å². The molecule has 2 amide bonds. The number of anilines is 1. The van der Waals surface area contributed by atoms with Crippen LogP contribution < -0.4 is 10.8 Å². The topological polar surface area (TPSA) is 50.4 Å². The number of rotatable bonds is 5. The first-order chi connectivity index (χ1) is 7.72. The van der Waals surface area contributed by atoms with Gasteiger partial charge in [-0.05, 0) is 47.2 Å². The Bertz CT molecular complexity index is 345. The van der Waals surface area contributed by atoms with Crippen molar-refractivity contribution in [1.82, 2.24) is 5.48 Å². The van der Waals surface area contributed by atoms with Crippen LogP contribution in [0.25, 0.3) is 0 Å². The molecule has 16 heavy (non-hydrogen) atoms. The second kappa shape index (κ2) is 7.45. The number of benzene rings is 1. The molecular formula is C11H15IN2O2. The van der Waals surface area contributed by atoms with Gasteiger partial charge in [-0.3, -0.25) is 4.84 Å². The third kappa shape index (κ3) is 5.32. The van der Waals surface area contributed by atoms with Crippen molar-refractivity contribution < 1.29 is 9.63 Å². The van der Waals surface area contributed by atoms with Gasteiger partial charge in [-0.15, -0.1) is 0 Å². The monoisotopic (exact) mass is 334 g/mol. The Morgan fingerprint density at radius 1 is 1.50 bits per heavy atom. The van der Waals surface area contributed by atoms with Gasteiger partial charge in [0.2, 0.25) is 0 Å². The summed E-state index contributed by atoms with van der Waals surface area (Å²) < 4.78 is 1.07. The number of hydrogen-bond donors (Lipinski definition) is 2. The average Bonchev–Trinajstić information content (AvgIpc) is 2.24. The maximum atomic E-state index is 11.3. The maximum absolute atomic E-state index is 11.3. The fraction of sp³-hybridized carbons (Fsp3) is 0.364. The van der Waals surface area contributed by atoms with Crippen LogP contribution in [0, 0.1) is 3.57 Å². The first kappa shape index (κ1) is 13.2. The normalized spacial score (nSPS) is 9.88. The number of unbranched alkanes of at least 4 members (excludes halogenated alkanes) is 1. The molecule has 0 aliphatic heterocycles. The Kier molecular flexibility index (Phi) is 6.17. The molecule has 1 aromatic carbocycles. The Hall–Kier alpha value is -0.820. The van der Waals surface area contributed by atoms with E-state index in [1.165, 1.54) is 0 Å². The molecule has 1 rings (SSSR count). The van der Waals surface area contributed by atoms with Gasteiger partial charge in [0.1, 0.15) is 0 Å². The third-order valence-corrected chi connectivity index (χ3v) is 2.52. The Morgan fingerprint density at radius 3 is 3.00 bits per heavy atom. The minimum absolute atomic E-state index is 0.349. The van der Waals surface area contributed by atoms with Gasteiger partial charge in [-0.2, -0.15) is 0 Å². The van der Waals surface area contributed by atoms with Crippen molar-refractivity contribution in [2.75, 3.05) is 11.9 Å². The summed E-state index contributed by atoms with van der Waals surface area (Å²) in [4.78, 5) is 16.3. The summed E-state index contributed by atoms with van der Waals surface area (Å²) in [5.41, 5.74) is 3.09. The molecule has 0 radical (unpaired) electrons. The van der Waals surface area contributed by atoms with Crippen LogP contribution in [0.15, 0.2) is 24.3 Å². The quantitative estimate of drug-likeness (QED) is 0.494. The van der Waals surface area contributed by atoms with E-state index in [2.05, 4.69) is 40.3 Å². The zero-order chi connectivity index (χ0) is 11.8. The minimum Gasteiger partial charge on any atom is -0.306 e. The summed E-state index contributed by atoms with van der Waals surface area (Å²) in [7, 11) is 0. The van der Waals surface area contributed by atoms with Crippen LogP contribution in [0.1, 0.15) is 19.8 Å². The molecular weight excluding hydrogens is 319 g/mol. The number of hydroxylamine groups is 1. The zero-order valence-corrected chi connectivity index (χ0v) is 11.3. The molecule has 0 saturated heterocycles. The number of amides is 2. The van der Waals surface area contributed by atoms with E-state index in [0.29, 0.717) is 6.61 Å². The molecule has 0 unspecified atom stereocenters. The van der Waals surface area contributed by atoms with Gasteiger partial charge in [0.25, 0.3) is 0 Å². The molecule has 0 spiro atoms. The van der Waals surface area contributed by atoms with Gasteiger partial charge >= 0.3 is 6.03 Å². The average molecular weight is 334 g/mol. The third-order valence-electron chi connectivity index (χ3n) is 1.85. The van der Waals surface area contributed by atoms with Gasteiger partial charge in [-0.25, -0.2) is 10.3 Å². The second-order valence-electron chi connectivity index (χ2n) is 3.27. The Morgan fingerprint density at radius 2 is 2.31 bits per heavy atom. The molecule has 0 heterocycles. The van der Waals surface area contributed by atoms with Crippen molar-refractivity contribution in [3.05, 3.63) is 27.8 Å². The highest BCUT2D eigenvalue weighted by molar-refractivity contribution is 14.1. The highest BCUT2D eigenvalue weighted by atomic mass is 127. The smallest absolute Gasteiger partial charge is 0.306 e. The summed E-state index contributed by atoms with van der Waals surface area (Å²) in [6.45, 7) is 2.60. The maximum Gasteiger partial charge on any atom is 0.343 e. The predicted octanol–water partition coefficient (Wildman–Crippen LogP) is 3.14. The van der Waals surface area contributed by atoms with Crippen molar-refractivity contribution in [3.8, 4) is 0 Å². The van der Waals surface area contributed by atoms with Gasteiger partial charge in [0.05, 0.1) is 6.61 Å². The zero-order valence-electron chi connectivity index (χ0n) is 9.13. The van der Waals surface area contributed by atoms with E-state index in [-0.39, 0.29) is 6.03 Å². The number of hydrogen-bond acceptors (Lipinski definition) is 2. The summed E-state index contributed by atoms with van der Waals surface area (Å²) >= 11 is 2.19. The fourth-order valence-electron chi connectivity index (χ4n) is 1.06. The predicted molar refractivity (Wildman–Crippen MR) is 72.2 cm³/mol. The van der Waals surface area contributed by atoms with E-state index < -0.39 is 0 Å². The van der Waals surface area contributed by atoms with Crippen molar-refractivity contribution in [2.45, 2.75) is 19.8 Å². The SMILES string of the molecule is CCCCONC(=O)Nc1cccc(I)c1. The van der Waals surface area contributed by atoms with Gasteiger partial charge < -0.3 is 5.32 Å². The lowest BCUT2D eigenvalue weighted by molar-refractivity contribution is 0.0640. The van der Waals surface area contributed by atoms with Crippen LogP contribution in [0.3, 0.4) is 0 Å². The molecule has 0 fully saturated rings. The Balaban J connectivity index is 2.29. The fourth-order valence-corrected chi connectivity index (χ4v) is 1.60. The summed E-state index contributed by atoms with van der Waals surface area (Å²) in [6, 6.07) is 7.20. The first-order valence-electron chi connectivity index (χ1n) is 5.16. The van der Waals surface area contributed by atoms with Crippen LogP contribution in [0.4, 0.5) is 10.5 Å². The highest BCUT2D eigenvalue weighted by Gasteiger charge is 2.00. The standard InChI is InChI=1S/C11H15IN2O2/c1-2-3-7-16-14-11(15)13-10-6-4-5-9(12)8-10/h4-6,8H,2-3,7H2,1H3,(H2,13,14,15). The molecule has 0 atom stereocenters. The number of nitrogens with one attached hydrogen (secondary N) is 2. The highest BCUT2D eigenvalue weighted by Crippen LogP contribution is 2.11. The molecule has 2 N–H and O–H groups in total. The van der Waals surface area contributed by atoms with Crippen molar-refractivity contribution in [2.24, 2.45) is 0 Å². The second-order valence-corrected chi connectivity index (χ2v) is 4.51. The first-order valence-corrected chi connectivity index (χ1v) is 6.24. The summed E-state index contributed by atoms with van der Waals surface area (Å²) in [5.74, 6) is 0. The largest absolute Gasteiger partial charge is 0.343 e. The van der Waals surface area contributed by atoms with Crippen LogP contribution >= 0.6 is 22.6 Å². The van der Waals surface area contributed by atoms with Gasteiger partial charge in [0, 0.05) is 9.26 Å². The van der Waals surface area contributed by atoms with Gasteiger partial charge in [-0.1, -0.05) is 19.4 Å². The number of halogens is 1. The molecule has 0 aromatic heterocycles. The van der Waals surface area contributed by atoms with Crippen molar-refractivity contribution >= 4 is 34.3 Å². The molecule has 0 saturated carbocycles. The lowest BCUT2D eigenvalue weighted by Crippen LogP contribution is -2.29. The van der Waals surface area contributed by atoms with E-state index in [1.54, 1.807) is 0 Å². The molecule has 4 nitrogen and oxygen atoms in total. The van der Waals surface area contributed by atoms with Gasteiger partial charge in [0.15, 0.2) is 0 Å². The molecule has 88 valence electrons. The number of urea groups is 1. The summed E-state index contributed by atoms with van der Waals surface area (Å²) in [6.07, 6.45) is 1.98. The summed E-state index contributed by atoms with van der Waals surface area (Å²) in [5, 5.41) is 2.68.